The van der Waals surface area contributed by atoms with E-state index in [0.717, 1.165) is 38.5 Å². The number of aliphatic hydroxyl groups is 2. The average Bonchev–Trinajstić information content (AvgIpc) is 2.92. The van der Waals surface area contributed by atoms with Gasteiger partial charge in [0.15, 0.2) is 11.9 Å². The van der Waals surface area contributed by atoms with Crippen molar-refractivity contribution in [2.24, 2.45) is 0 Å². The summed E-state index contributed by atoms with van der Waals surface area (Å²) in [7, 11) is 0. The number of carbonyl (C=O) groups is 2. The summed E-state index contributed by atoms with van der Waals surface area (Å²) >= 11 is 0. The Morgan fingerprint density at radius 1 is 0.526 bits per heavy atom. The van der Waals surface area contributed by atoms with Crippen LogP contribution in [-0.2, 0) is 14.3 Å². The van der Waals surface area contributed by atoms with Crippen LogP contribution < -0.4 is 0 Å². The lowest BCUT2D eigenvalue weighted by Gasteiger charge is -2.20. The lowest BCUT2D eigenvalue weighted by molar-refractivity contribution is -0.163. The molecule has 5 heteroatoms. The first kappa shape index (κ1) is 37.1. The molecule has 226 valence electrons. The molecule has 0 amide bonds. The molecule has 0 aliphatic rings. The Morgan fingerprint density at radius 2 is 0.842 bits per heavy atom. The van der Waals surface area contributed by atoms with E-state index in [1.54, 1.807) is 0 Å². The summed E-state index contributed by atoms with van der Waals surface area (Å²) in [4.78, 5) is 24.9. The molecule has 5 nitrogen and oxygen atoms in total. The van der Waals surface area contributed by atoms with Crippen molar-refractivity contribution in [2.75, 3.05) is 6.61 Å². The third-order valence-electron chi connectivity index (χ3n) is 7.62. The van der Waals surface area contributed by atoms with Crippen molar-refractivity contribution in [2.45, 2.75) is 193 Å². The highest BCUT2D eigenvalue weighted by molar-refractivity contribution is 5.86. The van der Waals surface area contributed by atoms with Gasteiger partial charge in [0.25, 0.3) is 0 Å². The van der Waals surface area contributed by atoms with E-state index < -0.39 is 24.8 Å². The summed E-state index contributed by atoms with van der Waals surface area (Å²) in [6.45, 7) is 3.91. The van der Waals surface area contributed by atoms with Crippen molar-refractivity contribution in [1.82, 2.24) is 0 Å². The third kappa shape index (κ3) is 24.1. The number of unbranched alkanes of at least 4 members (excludes halogenated alkanes) is 22. The minimum Gasteiger partial charge on any atom is -0.451 e. The first-order chi connectivity index (χ1) is 18.6. The van der Waals surface area contributed by atoms with Gasteiger partial charge >= 0.3 is 5.97 Å². The quantitative estimate of drug-likeness (QED) is 0.0701. The summed E-state index contributed by atoms with van der Waals surface area (Å²) in [5.74, 6) is -0.723. The fourth-order valence-electron chi connectivity index (χ4n) is 5.05. The number of ether oxygens (including phenoxy) is 1. The molecule has 0 radical (unpaired) electrons. The van der Waals surface area contributed by atoms with Gasteiger partial charge in [0.1, 0.15) is 6.10 Å². The van der Waals surface area contributed by atoms with E-state index in [1.165, 1.54) is 116 Å². The highest BCUT2D eigenvalue weighted by Gasteiger charge is 2.29. The molecule has 0 rings (SSSR count). The molecule has 0 aliphatic carbocycles. The van der Waals surface area contributed by atoms with Crippen LogP contribution in [0.3, 0.4) is 0 Å². The Balaban J connectivity index is 3.84. The number of hydrogen-bond donors (Lipinski definition) is 2. The van der Waals surface area contributed by atoms with E-state index >= 15 is 0 Å². The van der Waals surface area contributed by atoms with Crippen LogP contribution in [-0.4, -0.2) is 40.8 Å². The zero-order chi connectivity index (χ0) is 28.1. The molecule has 0 fully saturated rings. The lowest BCUT2D eigenvalue weighted by Crippen LogP contribution is -2.40. The first-order valence-corrected chi connectivity index (χ1v) is 16.6. The average molecular weight is 541 g/mol. The SMILES string of the molecule is CCCCCCCCCCCCCCC(=O)OC(C(=O)CCCCCCCCCCCCCC)C(O)CO. The number of rotatable bonds is 30. The van der Waals surface area contributed by atoms with Crippen molar-refractivity contribution in [3.63, 3.8) is 0 Å². The Hall–Kier alpha value is -0.940. The maximum Gasteiger partial charge on any atom is 0.306 e. The molecular weight excluding hydrogens is 476 g/mol. The van der Waals surface area contributed by atoms with E-state index in [-0.39, 0.29) is 18.6 Å². The second kappa shape index (κ2) is 29.1. The summed E-state index contributed by atoms with van der Waals surface area (Å²) in [5, 5.41) is 19.4. The minimum absolute atomic E-state index is 0.262. The van der Waals surface area contributed by atoms with Gasteiger partial charge in [0.2, 0.25) is 0 Å². The molecule has 2 N–H and O–H groups in total. The fourth-order valence-corrected chi connectivity index (χ4v) is 5.05. The molecule has 0 bridgehead atoms. The van der Waals surface area contributed by atoms with E-state index in [0.29, 0.717) is 0 Å². The highest BCUT2D eigenvalue weighted by atomic mass is 16.6. The van der Waals surface area contributed by atoms with Gasteiger partial charge in [-0.1, -0.05) is 155 Å². The molecule has 0 spiro atoms. The van der Waals surface area contributed by atoms with Crippen molar-refractivity contribution >= 4 is 11.8 Å². The molecule has 0 aliphatic heterocycles. The Bertz CT molecular complexity index is 522. The number of Topliss-reactive ketones (excluding diaryl/α,β-unsaturated/α-hetero) is 1. The van der Waals surface area contributed by atoms with Crippen LogP contribution in [0.25, 0.3) is 0 Å². The number of carbonyl (C=O) groups excluding carboxylic acids is 2. The molecule has 0 aromatic rings. The Labute approximate surface area is 235 Å². The largest absolute Gasteiger partial charge is 0.451 e. The van der Waals surface area contributed by atoms with E-state index in [4.69, 9.17) is 4.74 Å². The second-order valence-electron chi connectivity index (χ2n) is 11.4. The van der Waals surface area contributed by atoms with Gasteiger partial charge < -0.3 is 14.9 Å². The minimum atomic E-state index is -1.34. The highest BCUT2D eigenvalue weighted by Crippen LogP contribution is 2.16. The fraction of sp³-hybridized carbons (Fsp3) is 0.939. The van der Waals surface area contributed by atoms with Crippen LogP contribution in [0.15, 0.2) is 0 Å². The number of aliphatic hydroxyl groups excluding tert-OH is 2. The van der Waals surface area contributed by atoms with Crippen LogP contribution in [0.5, 0.6) is 0 Å². The van der Waals surface area contributed by atoms with Crippen LogP contribution >= 0.6 is 0 Å². The zero-order valence-corrected chi connectivity index (χ0v) is 25.4. The van der Waals surface area contributed by atoms with Crippen molar-refractivity contribution < 1.29 is 24.5 Å². The van der Waals surface area contributed by atoms with Crippen LogP contribution in [0.2, 0.25) is 0 Å². The summed E-state index contributed by atoms with van der Waals surface area (Å²) in [5.41, 5.74) is 0. The van der Waals surface area contributed by atoms with Gasteiger partial charge in [-0.05, 0) is 12.8 Å². The maximum atomic E-state index is 12.6. The van der Waals surface area contributed by atoms with Gasteiger partial charge in [0, 0.05) is 12.8 Å². The number of hydrogen-bond acceptors (Lipinski definition) is 5. The van der Waals surface area contributed by atoms with E-state index in [2.05, 4.69) is 13.8 Å². The molecule has 0 saturated heterocycles. The summed E-state index contributed by atoms with van der Waals surface area (Å²) < 4.78 is 5.32. The predicted octanol–water partition coefficient (Wildman–Crippen LogP) is 9.00. The normalized spacial score (nSPS) is 12.9. The molecule has 0 saturated carbocycles. The van der Waals surface area contributed by atoms with E-state index in [9.17, 15) is 19.8 Å². The van der Waals surface area contributed by atoms with Gasteiger partial charge in [-0.3, -0.25) is 9.59 Å². The Morgan fingerprint density at radius 3 is 1.18 bits per heavy atom. The maximum absolute atomic E-state index is 12.6. The number of esters is 1. The van der Waals surface area contributed by atoms with Crippen molar-refractivity contribution in [3.05, 3.63) is 0 Å². The van der Waals surface area contributed by atoms with Crippen molar-refractivity contribution in [1.29, 1.82) is 0 Å². The lowest BCUT2D eigenvalue weighted by atomic mass is 10.0. The van der Waals surface area contributed by atoms with Gasteiger partial charge in [-0.25, -0.2) is 0 Å². The van der Waals surface area contributed by atoms with Gasteiger partial charge in [0.05, 0.1) is 6.61 Å². The monoisotopic (exact) mass is 540 g/mol. The first-order valence-electron chi connectivity index (χ1n) is 16.6. The van der Waals surface area contributed by atoms with Crippen LogP contribution in [0.1, 0.15) is 181 Å². The molecule has 0 aromatic carbocycles. The second-order valence-corrected chi connectivity index (χ2v) is 11.4. The predicted molar refractivity (Wildman–Crippen MR) is 159 cm³/mol. The summed E-state index contributed by atoms with van der Waals surface area (Å²) in [6, 6.07) is 0. The van der Waals surface area contributed by atoms with Gasteiger partial charge in [-0.15, -0.1) is 0 Å². The zero-order valence-electron chi connectivity index (χ0n) is 25.4. The van der Waals surface area contributed by atoms with Crippen LogP contribution in [0, 0.1) is 0 Å². The standard InChI is InChI=1S/C33H64O5/c1-3-5-7-9-11-13-15-17-19-21-23-25-27-30(35)33(31(36)29-34)38-32(37)28-26-24-22-20-18-16-14-12-10-8-6-4-2/h31,33-34,36H,3-29H2,1-2H3. The summed E-state index contributed by atoms with van der Waals surface area (Å²) in [6.07, 6.45) is 27.2. The topological polar surface area (TPSA) is 83.8 Å². The molecular formula is C33H64O5. The molecule has 38 heavy (non-hydrogen) atoms. The smallest absolute Gasteiger partial charge is 0.306 e. The van der Waals surface area contributed by atoms with Gasteiger partial charge in [-0.2, -0.15) is 0 Å². The molecule has 0 heterocycles. The Kier molecular flexibility index (Phi) is 28.3. The molecule has 0 aromatic heterocycles. The molecule has 2 unspecified atom stereocenters. The van der Waals surface area contributed by atoms with E-state index in [1.807, 2.05) is 0 Å². The molecule has 2 atom stereocenters. The number of ketones is 1. The third-order valence-corrected chi connectivity index (χ3v) is 7.62. The van der Waals surface area contributed by atoms with Crippen molar-refractivity contribution in [3.8, 4) is 0 Å². The van der Waals surface area contributed by atoms with Crippen LogP contribution in [0.4, 0.5) is 0 Å².